The zero-order valence-electron chi connectivity index (χ0n) is 6.70. The molecule has 0 spiro atoms. The molecule has 0 saturated heterocycles. The average molecular weight is 158 g/mol. The topological polar surface area (TPSA) is 20.2 Å². The Morgan fingerprint density at radius 2 is 1.75 bits per heavy atom. The van der Waals surface area contributed by atoms with E-state index in [1.807, 2.05) is 12.1 Å². The molecule has 1 aliphatic carbocycles. The number of aromatic hydroxyl groups is 1. The molecule has 0 bridgehead atoms. The normalized spacial score (nSPS) is 14.0. The van der Waals surface area contributed by atoms with Gasteiger partial charge >= 0.3 is 0 Å². The third kappa shape index (κ3) is 1.26. The first kappa shape index (κ1) is 7.17. The molecule has 12 heavy (non-hydrogen) atoms. The van der Waals surface area contributed by atoms with Crippen molar-refractivity contribution in [2.45, 2.75) is 6.42 Å². The van der Waals surface area contributed by atoms with Crippen LogP contribution < -0.4 is 0 Å². The number of phenolic OH excluding ortho intramolecular Hbond substituents is 1. The van der Waals surface area contributed by atoms with E-state index in [1.165, 1.54) is 5.56 Å². The minimum atomic E-state index is 0.328. The summed E-state index contributed by atoms with van der Waals surface area (Å²) in [5, 5.41) is 9.22. The molecule has 0 saturated carbocycles. The van der Waals surface area contributed by atoms with Gasteiger partial charge in [-0.05, 0) is 29.7 Å². The lowest BCUT2D eigenvalue weighted by Gasteiger charge is -1.99. The zero-order valence-corrected chi connectivity index (χ0v) is 6.70. The Labute approximate surface area is 71.7 Å². The first-order valence-corrected chi connectivity index (χ1v) is 4.02. The molecule has 1 aromatic carbocycles. The molecule has 1 N–H and O–H groups in total. The highest BCUT2D eigenvalue weighted by Crippen LogP contribution is 2.21. The van der Waals surface area contributed by atoms with E-state index in [0.29, 0.717) is 5.75 Å². The van der Waals surface area contributed by atoms with Crippen LogP contribution in [0.25, 0.3) is 12.2 Å². The summed E-state index contributed by atoms with van der Waals surface area (Å²) in [6.07, 6.45) is 9.28. The summed E-state index contributed by atoms with van der Waals surface area (Å²) in [7, 11) is 0. The number of hydrogen-bond donors (Lipinski definition) is 1. The molecule has 0 atom stereocenters. The largest absolute Gasteiger partial charge is 0.508 e. The second-order valence-electron chi connectivity index (χ2n) is 2.85. The molecule has 1 nitrogen and oxygen atoms in total. The molecule has 0 aliphatic heterocycles. The number of benzene rings is 1. The Morgan fingerprint density at radius 3 is 2.58 bits per heavy atom. The summed E-state index contributed by atoms with van der Waals surface area (Å²) in [4.78, 5) is 0. The number of rotatable bonds is 0. The zero-order chi connectivity index (χ0) is 8.39. The van der Waals surface area contributed by atoms with Crippen molar-refractivity contribution in [2.24, 2.45) is 0 Å². The van der Waals surface area contributed by atoms with Crippen LogP contribution in [0.15, 0.2) is 30.4 Å². The van der Waals surface area contributed by atoms with Gasteiger partial charge in [0.25, 0.3) is 0 Å². The monoisotopic (exact) mass is 158 g/mol. The van der Waals surface area contributed by atoms with Gasteiger partial charge in [0.1, 0.15) is 5.75 Å². The Balaban J connectivity index is 2.58. The fourth-order valence-electron chi connectivity index (χ4n) is 1.33. The molecular weight excluding hydrogens is 148 g/mol. The number of phenols is 1. The summed E-state index contributed by atoms with van der Waals surface area (Å²) in [5.74, 6) is 0.328. The van der Waals surface area contributed by atoms with Crippen LogP contribution in [0.1, 0.15) is 17.5 Å². The molecule has 0 aromatic heterocycles. The molecular formula is C11H10O. The molecule has 1 aromatic rings. The molecule has 0 radical (unpaired) electrons. The summed E-state index contributed by atoms with van der Waals surface area (Å²) < 4.78 is 0. The SMILES string of the molecule is Oc1ccc2c(c1)C=CCC=C2. The summed E-state index contributed by atoms with van der Waals surface area (Å²) in [6.45, 7) is 0. The van der Waals surface area contributed by atoms with Gasteiger partial charge in [-0.2, -0.15) is 0 Å². The minimum absolute atomic E-state index is 0.328. The van der Waals surface area contributed by atoms with E-state index in [2.05, 4.69) is 18.2 Å². The number of allylic oxidation sites excluding steroid dienone is 2. The predicted octanol–water partition coefficient (Wildman–Crippen LogP) is 2.82. The van der Waals surface area contributed by atoms with Gasteiger partial charge in [0.05, 0.1) is 0 Å². The van der Waals surface area contributed by atoms with E-state index in [4.69, 9.17) is 0 Å². The summed E-state index contributed by atoms with van der Waals surface area (Å²) in [5.41, 5.74) is 2.25. The highest BCUT2D eigenvalue weighted by molar-refractivity contribution is 5.68. The molecule has 60 valence electrons. The van der Waals surface area contributed by atoms with Crippen molar-refractivity contribution in [3.05, 3.63) is 41.5 Å². The number of fused-ring (bicyclic) bond motifs is 1. The maximum atomic E-state index is 9.22. The van der Waals surface area contributed by atoms with Crippen LogP contribution in [0.5, 0.6) is 5.75 Å². The van der Waals surface area contributed by atoms with E-state index >= 15 is 0 Å². The third-order valence-corrected chi connectivity index (χ3v) is 1.94. The van der Waals surface area contributed by atoms with E-state index in [9.17, 15) is 5.11 Å². The van der Waals surface area contributed by atoms with Crippen molar-refractivity contribution in [1.29, 1.82) is 0 Å². The standard InChI is InChI=1S/C11H10O/c12-11-7-6-9-4-2-1-3-5-10(9)8-11/h2-8,12H,1H2. The van der Waals surface area contributed by atoms with Crippen molar-refractivity contribution in [1.82, 2.24) is 0 Å². The lowest BCUT2D eigenvalue weighted by atomic mass is 10.1. The van der Waals surface area contributed by atoms with Gasteiger partial charge in [-0.25, -0.2) is 0 Å². The van der Waals surface area contributed by atoms with Gasteiger partial charge in [0, 0.05) is 0 Å². The lowest BCUT2D eigenvalue weighted by molar-refractivity contribution is 0.475. The Kier molecular flexibility index (Phi) is 1.71. The Morgan fingerprint density at radius 1 is 1.00 bits per heavy atom. The smallest absolute Gasteiger partial charge is 0.116 e. The second-order valence-corrected chi connectivity index (χ2v) is 2.85. The summed E-state index contributed by atoms with van der Waals surface area (Å²) >= 11 is 0. The van der Waals surface area contributed by atoms with Gasteiger partial charge in [-0.1, -0.05) is 30.4 Å². The fraction of sp³-hybridized carbons (Fsp3) is 0.0909. The van der Waals surface area contributed by atoms with Crippen LogP contribution in [0.2, 0.25) is 0 Å². The van der Waals surface area contributed by atoms with Crippen molar-refractivity contribution in [2.75, 3.05) is 0 Å². The van der Waals surface area contributed by atoms with Crippen LogP contribution >= 0.6 is 0 Å². The van der Waals surface area contributed by atoms with E-state index in [0.717, 1.165) is 12.0 Å². The minimum Gasteiger partial charge on any atom is -0.508 e. The van der Waals surface area contributed by atoms with Crippen LogP contribution in [0.4, 0.5) is 0 Å². The third-order valence-electron chi connectivity index (χ3n) is 1.94. The van der Waals surface area contributed by atoms with E-state index < -0.39 is 0 Å². The maximum Gasteiger partial charge on any atom is 0.116 e. The molecule has 1 heteroatoms. The van der Waals surface area contributed by atoms with Gasteiger partial charge < -0.3 is 5.11 Å². The predicted molar refractivity (Wildman–Crippen MR) is 50.8 cm³/mol. The van der Waals surface area contributed by atoms with Crippen molar-refractivity contribution >= 4 is 12.2 Å². The Bertz CT molecular complexity index is 348. The van der Waals surface area contributed by atoms with Gasteiger partial charge in [-0.15, -0.1) is 0 Å². The van der Waals surface area contributed by atoms with Crippen LogP contribution in [0.3, 0.4) is 0 Å². The average Bonchev–Trinajstić information content (AvgIpc) is 2.28. The summed E-state index contributed by atoms with van der Waals surface area (Å²) in [6, 6.07) is 5.42. The van der Waals surface area contributed by atoms with Crippen LogP contribution in [0, 0.1) is 0 Å². The van der Waals surface area contributed by atoms with Crippen LogP contribution in [-0.2, 0) is 0 Å². The fourth-order valence-corrected chi connectivity index (χ4v) is 1.33. The molecule has 0 amide bonds. The number of hydrogen-bond acceptors (Lipinski definition) is 1. The molecule has 0 unspecified atom stereocenters. The molecule has 2 rings (SSSR count). The van der Waals surface area contributed by atoms with Gasteiger partial charge in [0.2, 0.25) is 0 Å². The second kappa shape index (κ2) is 2.86. The highest BCUT2D eigenvalue weighted by atomic mass is 16.3. The Hall–Kier alpha value is -1.50. The van der Waals surface area contributed by atoms with E-state index in [1.54, 1.807) is 12.1 Å². The highest BCUT2D eigenvalue weighted by Gasteiger charge is 1.98. The van der Waals surface area contributed by atoms with E-state index in [-0.39, 0.29) is 0 Å². The molecule has 0 fully saturated rings. The van der Waals surface area contributed by atoms with Crippen molar-refractivity contribution in [3.63, 3.8) is 0 Å². The van der Waals surface area contributed by atoms with Crippen molar-refractivity contribution < 1.29 is 5.11 Å². The first-order chi connectivity index (χ1) is 5.86. The maximum absolute atomic E-state index is 9.22. The lowest BCUT2D eigenvalue weighted by Crippen LogP contribution is -1.78. The van der Waals surface area contributed by atoms with Crippen LogP contribution in [-0.4, -0.2) is 5.11 Å². The van der Waals surface area contributed by atoms with Gasteiger partial charge in [-0.3, -0.25) is 0 Å². The van der Waals surface area contributed by atoms with Gasteiger partial charge in [0.15, 0.2) is 0 Å². The molecule has 0 heterocycles. The molecule has 1 aliphatic rings. The quantitative estimate of drug-likeness (QED) is 0.615. The van der Waals surface area contributed by atoms with Crippen molar-refractivity contribution in [3.8, 4) is 5.75 Å². The first-order valence-electron chi connectivity index (χ1n) is 4.02.